The van der Waals surface area contributed by atoms with E-state index < -0.39 is 0 Å². The van der Waals surface area contributed by atoms with Crippen LogP contribution < -0.4 is 5.73 Å². The van der Waals surface area contributed by atoms with Gasteiger partial charge in [-0.15, -0.1) is 11.3 Å². The second-order valence-corrected chi connectivity index (χ2v) is 6.38. The van der Waals surface area contributed by atoms with Crippen LogP contribution in [0.15, 0.2) is 23.7 Å². The molecule has 0 aliphatic rings. The maximum absolute atomic E-state index is 6.22. The van der Waals surface area contributed by atoms with Gasteiger partial charge in [-0.2, -0.15) is 0 Å². The Morgan fingerprint density at radius 2 is 2.15 bits per heavy atom. The number of thiazole rings is 1. The van der Waals surface area contributed by atoms with Gasteiger partial charge in [-0.3, -0.25) is 4.90 Å². The first-order valence-corrected chi connectivity index (χ1v) is 7.84. The van der Waals surface area contributed by atoms with Crippen LogP contribution in [0.5, 0.6) is 0 Å². The SMILES string of the molecule is Cc1ccc(C(CN)N(C)Cc2scnc2C)cc1Cl. The molecule has 20 heavy (non-hydrogen) atoms. The number of halogens is 1. The minimum Gasteiger partial charge on any atom is -0.329 e. The van der Waals surface area contributed by atoms with Gasteiger partial charge in [0, 0.05) is 29.0 Å². The predicted octanol–water partition coefficient (Wildman–Crippen LogP) is 3.55. The summed E-state index contributed by atoms with van der Waals surface area (Å²) >= 11 is 7.91. The van der Waals surface area contributed by atoms with E-state index in [0.29, 0.717) is 6.54 Å². The van der Waals surface area contributed by atoms with E-state index in [0.717, 1.165) is 28.4 Å². The third kappa shape index (κ3) is 3.38. The molecule has 0 bridgehead atoms. The second-order valence-electron chi connectivity index (χ2n) is 5.04. The maximum atomic E-state index is 6.22. The topological polar surface area (TPSA) is 42.1 Å². The fraction of sp³-hybridized carbons (Fsp3) is 0.400. The van der Waals surface area contributed by atoms with Crippen LogP contribution in [-0.2, 0) is 6.54 Å². The van der Waals surface area contributed by atoms with Gasteiger partial charge in [-0.1, -0.05) is 23.7 Å². The molecule has 0 aliphatic carbocycles. The molecule has 3 nitrogen and oxygen atoms in total. The van der Waals surface area contributed by atoms with Crippen molar-refractivity contribution in [2.24, 2.45) is 5.73 Å². The lowest BCUT2D eigenvalue weighted by Crippen LogP contribution is -2.30. The fourth-order valence-corrected chi connectivity index (χ4v) is 3.23. The van der Waals surface area contributed by atoms with Crippen LogP contribution in [0.3, 0.4) is 0 Å². The van der Waals surface area contributed by atoms with Gasteiger partial charge in [0.1, 0.15) is 0 Å². The first-order chi connectivity index (χ1) is 9.52. The molecule has 2 rings (SSSR count). The number of benzene rings is 1. The van der Waals surface area contributed by atoms with Crippen LogP contribution in [0, 0.1) is 13.8 Å². The van der Waals surface area contributed by atoms with Crippen LogP contribution in [0.1, 0.15) is 27.7 Å². The summed E-state index contributed by atoms with van der Waals surface area (Å²) in [6, 6.07) is 6.33. The molecule has 0 radical (unpaired) electrons. The highest BCUT2D eigenvalue weighted by Gasteiger charge is 2.17. The van der Waals surface area contributed by atoms with Crippen molar-refractivity contribution in [1.29, 1.82) is 0 Å². The highest BCUT2D eigenvalue weighted by molar-refractivity contribution is 7.09. The molecule has 0 fully saturated rings. The third-order valence-corrected chi connectivity index (χ3v) is 4.90. The van der Waals surface area contributed by atoms with Crippen molar-refractivity contribution in [2.45, 2.75) is 26.4 Å². The standard InChI is InChI=1S/C15H20ClN3S/c1-10-4-5-12(6-13(10)16)14(7-17)19(3)8-15-11(2)18-9-20-15/h4-6,9,14H,7-8,17H2,1-3H3. The normalized spacial score (nSPS) is 12.9. The van der Waals surface area contributed by atoms with Gasteiger partial charge < -0.3 is 5.73 Å². The number of aryl methyl sites for hydroxylation is 2. The molecule has 1 heterocycles. The Morgan fingerprint density at radius 3 is 2.70 bits per heavy atom. The van der Waals surface area contributed by atoms with Crippen molar-refractivity contribution in [3.63, 3.8) is 0 Å². The molecule has 0 amide bonds. The van der Waals surface area contributed by atoms with Gasteiger partial charge in [-0.25, -0.2) is 4.98 Å². The molecule has 2 N–H and O–H groups in total. The van der Waals surface area contributed by atoms with Crippen molar-refractivity contribution < 1.29 is 0 Å². The minimum atomic E-state index is 0.162. The molecule has 0 saturated heterocycles. The summed E-state index contributed by atoms with van der Waals surface area (Å²) in [4.78, 5) is 7.83. The Morgan fingerprint density at radius 1 is 1.40 bits per heavy atom. The van der Waals surface area contributed by atoms with Gasteiger partial charge in [0.25, 0.3) is 0 Å². The first-order valence-electron chi connectivity index (χ1n) is 6.58. The molecule has 1 atom stereocenters. The Labute approximate surface area is 129 Å². The average molecular weight is 310 g/mol. The predicted molar refractivity (Wildman–Crippen MR) is 86.3 cm³/mol. The van der Waals surface area contributed by atoms with Gasteiger partial charge in [0.05, 0.1) is 11.2 Å². The molecular weight excluding hydrogens is 290 g/mol. The van der Waals surface area contributed by atoms with E-state index in [1.165, 1.54) is 4.88 Å². The van der Waals surface area contributed by atoms with Crippen molar-refractivity contribution in [3.8, 4) is 0 Å². The van der Waals surface area contributed by atoms with Crippen LogP contribution in [-0.4, -0.2) is 23.5 Å². The van der Waals surface area contributed by atoms with Gasteiger partial charge in [0.15, 0.2) is 0 Å². The zero-order valence-electron chi connectivity index (χ0n) is 12.1. The van der Waals surface area contributed by atoms with E-state index in [4.69, 9.17) is 17.3 Å². The van der Waals surface area contributed by atoms with Crippen molar-refractivity contribution in [1.82, 2.24) is 9.88 Å². The van der Waals surface area contributed by atoms with Gasteiger partial charge in [-0.05, 0) is 38.1 Å². The van der Waals surface area contributed by atoms with Gasteiger partial charge >= 0.3 is 0 Å². The quantitative estimate of drug-likeness (QED) is 0.918. The summed E-state index contributed by atoms with van der Waals surface area (Å²) in [7, 11) is 2.09. The van der Waals surface area contributed by atoms with Gasteiger partial charge in [0.2, 0.25) is 0 Å². The van der Waals surface area contributed by atoms with Crippen LogP contribution in [0.4, 0.5) is 0 Å². The number of rotatable bonds is 5. The summed E-state index contributed by atoms with van der Waals surface area (Å²) in [6.07, 6.45) is 0. The van der Waals surface area contributed by atoms with E-state index in [9.17, 15) is 0 Å². The van der Waals surface area contributed by atoms with Crippen LogP contribution in [0.25, 0.3) is 0 Å². The molecule has 0 aliphatic heterocycles. The highest BCUT2D eigenvalue weighted by Crippen LogP contribution is 2.26. The lowest BCUT2D eigenvalue weighted by Gasteiger charge is -2.27. The summed E-state index contributed by atoms with van der Waals surface area (Å²) in [5.41, 5.74) is 11.2. The summed E-state index contributed by atoms with van der Waals surface area (Å²) in [5, 5.41) is 0.795. The smallest absolute Gasteiger partial charge is 0.0798 e. The summed E-state index contributed by atoms with van der Waals surface area (Å²) < 4.78 is 0. The number of likely N-dealkylation sites (N-methyl/N-ethyl adjacent to an activating group) is 1. The molecule has 0 spiro atoms. The van der Waals surface area contributed by atoms with Crippen molar-refractivity contribution in [2.75, 3.05) is 13.6 Å². The molecule has 5 heteroatoms. The minimum absolute atomic E-state index is 0.162. The van der Waals surface area contributed by atoms with Crippen molar-refractivity contribution >= 4 is 22.9 Å². The second kappa shape index (κ2) is 6.68. The lowest BCUT2D eigenvalue weighted by molar-refractivity contribution is 0.243. The zero-order valence-corrected chi connectivity index (χ0v) is 13.6. The van der Waals surface area contributed by atoms with E-state index in [1.54, 1.807) is 11.3 Å². The Balaban J connectivity index is 2.18. The largest absolute Gasteiger partial charge is 0.329 e. The Kier molecular flexibility index (Phi) is 5.16. The molecular formula is C15H20ClN3S. The molecule has 1 aromatic carbocycles. The van der Waals surface area contributed by atoms with Crippen LogP contribution >= 0.6 is 22.9 Å². The van der Waals surface area contributed by atoms with E-state index in [2.05, 4.69) is 23.0 Å². The highest BCUT2D eigenvalue weighted by atomic mass is 35.5. The fourth-order valence-electron chi connectivity index (χ4n) is 2.20. The third-order valence-electron chi connectivity index (χ3n) is 3.57. The first kappa shape index (κ1) is 15.4. The molecule has 2 aromatic rings. The molecule has 0 saturated carbocycles. The van der Waals surface area contributed by atoms with E-state index >= 15 is 0 Å². The maximum Gasteiger partial charge on any atom is 0.0798 e. The Bertz CT molecular complexity index is 582. The lowest BCUT2D eigenvalue weighted by atomic mass is 10.0. The van der Waals surface area contributed by atoms with Crippen LogP contribution in [0.2, 0.25) is 5.02 Å². The number of aromatic nitrogens is 1. The summed E-state index contributed by atoms with van der Waals surface area (Å²) in [6.45, 7) is 5.46. The molecule has 108 valence electrons. The average Bonchev–Trinajstić information content (AvgIpc) is 2.80. The number of hydrogen-bond donors (Lipinski definition) is 1. The number of nitrogens with two attached hydrogens (primary N) is 1. The van der Waals surface area contributed by atoms with E-state index in [-0.39, 0.29) is 6.04 Å². The summed E-state index contributed by atoms with van der Waals surface area (Å²) in [5.74, 6) is 0. The monoisotopic (exact) mass is 309 g/mol. The Hall–Kier alpha value is -0.940. The number of nitrogens with zero attached hydrogens (tertiary/aromatic N) is 2. The van der Waals surface area contributed by atoms with Crippen molar-refractivity contribution in [3.05, 3.63) is 50.4 Å². The zero-order chi connectivity index (χ0) is 14.7. The molecule has 1 unspecified atom stereocenters. The molecule has 1 aromatic heterocycles. The number of hydrogen-bond acceptors (Lipinski definition) is 4. The van der Waals surface area contributed by atoms with E-state index in [1.807, 2.05) is 31.5 Å².